The topological polar surface area (TPSA) is 57.7 Å². The minimum Gasteiger partial charge on any atom is -0.483 e. The Kier molecular flexibility index (Phi) is 6.75. The molecule has 0 aliphatic carbocycles. The lowest BCUT2D eigenvalue weighted by Gasteiger charge is -2.33. The minimum absolute atomic E-state index is 0.0000982. The van der Waals surface area contributed by atoms with E-state index in [2.05, 4.69) is 47.9 Å². The van der Waals surface area contributed by atoms with Crippen LogP contribution in [-0.4, -0.2) is 55.6 Å². The van der Waals surface area contributed by atoms with Crippen molar-refractivity contribution in [2.75, 3.05) is 44.7 Å². The van der Waals surface area contributed by atoms with Crippen molar-refractivity contribution >= 4 is 11.7 Å². The lowest BCUT2D eigenvalue weighted by molar-refractivity contribution is -0.123. The van der Waals surface area contributed by atoms with Gasteiger partial charge in [-0.2, -0.15) is 0 Å². The van der Waals surface area contributed by atoms with Gasteiger partial charge in [0.2, 0.25) is 0 Å². The third kappa shape index (κ3) is 5.94. The number of anilines is 1. The van der Waals surface area contributed by atoms with Crippen LogP contribution in [-0.2, 0) is 16.8 Å². The van der Waals surface area contributed by atoms with Crippen LogP contribution in [0, 0.1) is 0 Å². The van der Waals surface area contributed by atoms with E-state index in [1.165, 1.54) is 0 Å². The van der Waals surface area contributed by atoms with E-state index in [1.54, 1.807) is 0 Å². The van der Waals surface area contributed by atoms with Crippen molar-refractivity contribution < 1.29 is 9.53 Å². The van der Waals surface area contributed by atoms with Crippen molar-refractivity contribution in [2.45, 2.75) is 32.7 Å². The number of amides is 1. The number of piperazine rings is 1. The van der Waals surface area contributed by atoms with Gasteiger partial charge in [-0.25, -0.2) is 4.98 Å². The fourth-order valence-corrected chi connectivity index (χ4v) is 3.35. The van der Waals surface area contributed by atoms with Crippen LogP contribution in [0.3, 0.4) is 0 Å². The van der Waals surface area contributed by atoms with Crippen molar-refractivity contribution in [3.8, 4) is 5.75 Å². The molecule has 156 valence electrons. The molecule has 0 unspecified atom stereocenters. The highest BCUT2D eigenvalue weighted by atomic mass is 16.5. The van der Waals surface area contributed by atoms with Crippen molar-refractivity contribution in [1.82, 2.24) is 15.2 Å². The Morgan fingerprint density at radius 3 is 2.48 bits per heavy atom. The molecule has 2 aromatic rings. The molecule has 6 nitrogen and oxygen atoms in total. The van der Waals surface area contributed by atoms with Gasteiger partial charge in [-0.1, -0.05) is 45.0 Å². The van der Waals surface area contributed by atoms with Crippen LogP contribution in [0.1, 0.15) is 31.9 Å². The molecule has 1 aliphatic heterocycles. The number of nitrogens with one attached hydrogen (secondary N) is 1. The number of nitrogens with zero attached hydrogens (tertiary/aromatic N) is 3. The zero-order chi connectivity index (χ0) is 20.9. The maximum absolute atomic E-state index is 12.2. The molecule has 0 radical (unpaired) electrons. The van der Waals surface area contributed by atoms with Crippen molar-refractivity contribution in [3.63, 3.8) is 0 Å². The largest absolute Gasteiger partial charge is 0.483 e. The van der Waals surface area contributed by atoms with Gasteiger partial charge in [0.1, 0.15) is 11.6 Å². The molecule has 1 aromatic carbocycles. The van der Waals surface area contributed by atoms with Crippen LogP contribution in [0.4, 0.5) is 5.82 Å². The highest BCUT2D eigenvalue weighted by molar-refractivity contribution is 5.77. The second kappa shape index (κ2) is 9.27. The lowest BCUT2D eigenvalue weighted by atomic mass is 9.86. The Morgan fingerprint density at radius 1 is 1.10 bits per heavy atom. The van der Waals surface area contributed by atoms with E-state index in [0.717, 1.165) is 48.9 Å². The van der Waals surface area contributed by atoms with E-state index in [0.29, 0.717) is 6.54 Å². The lowest BCUT2D eigenvalue weighted by Crippen LogP contribution is -2.44. The highest BCUT2D eigenvalue weighted by Gasteiger charge is 2.19. The Balaban J connectivity index is 1.48. The number of aromatic nitrogens is 1. The van der Waals surface area contributed by atoms with E-state index < -0.39 is 0 Å². The molecule has 0 bridgehead atoms. The smallest absolute Gasteiger partial charge is 0.258 e. The Bertz CT molecular complexity index is 806. The fourth-order valence-electron chi connectivity index (χ4n) is 3.35. The normalized spacial score (nSPS) is 15.2. The Labute approximate surface area is 173 Å². The van der Waals surface area contributed by atoms with Gasteiger partial charge in [0.15, 0.2) is 6.61 Å². The molecular weight excluding hydrogens is 364 g/mol. The molecule has 1 fully saturated rings. The van der Waals surface area contributed by atoms with E-state index in [9.17, 15) is 4.79 Å². The highest BCUT2D eigenvalue weighted by Crippen LogP contribution is 2.30. The average Bonchev–Trinajstić information content (AvgIpc) is 2.71. The van der Waals surface area contributed by atoms with Crippen LogP contribution < -0.4 is 15.0 Å². The molecule has 0 atom stereocenters. The first-order valence-electron chi connectivity index (χ1n) is 10.2. The Hall–Kier alpha value is -2.60. The van der Waals surface area contributed by atoms with E-state index >= 15 is 0 Å². The summed E-state index contributed by atoms with van der Waals surface area (Å²) >= 11 is 0. The van der Waals surface area contributed by atoms with Crippen LogP contribution >= 0.6 is 0 Å². The van der Waals surface area contributed by atoms with Crippen LogP contribution in [0.25, 0.3) is 0 Å². The van der Waals surface area contributed by atoms with Gasteiger partial charge in [-0.15, -0.1) is 0 Å². The standard InChI is InChI=1S/C23H32N4O2/c1-23(2,3)19-7-5-6-8-20(19)29-17-22(28)25-16-18-9-10-21(24-15-18)27-13-11-26(4)12-14-27/h5-10,15H,11-14,16-17H2,1-4H3,(H,25,28). The van der Waals surface area contributed by atoms with Gasteiger partial charge >= 0.3 is 0 Å². The van der Waals surface area contributed by atoms with E-state index in [4.69, 9.17) is 4.74 Å². The number of ether oxygens (including phenoxy) is 1. The predicted octanol–water partition coefficient (Wildman–Crippen LogP) is 2.83. The third-order valence-corrected chi connectivity index (χ3v) is 5.18. The molecule has 1 aliphatic rings. The summed E-state index contributed by atoms with van der Waals surface area (Å²) in [5.74, 6) is 1.61. The van der Waals surface area contributed by atoms with Crippen LogP contribution in [0.15, 0.2) is 42.6 Å². The first-order chi connectivity index (χ1) is 13.8. The molecule has 1 amide bonds. The molecule has 2 heterocycles. The number of rotatable bonds is 6. The summed E-state index contributed by atoms with van der Waals surface area (Å²) < 4.78 is 5.78. The SMILES string of the molecule is CN1CCN(c2ccc(CNC(=O)COc3ccccc3C(C)(C)C)cn2)CC1. The van der Waals surface area contributed by atoms with Crippen LogP contribution in [0.2, 0.25) is 0 Å². The summed E-state index contributed by atoms with van der Waals surface area (Å²) in [6, 6.07) is 11.9. The number of para-hydroxylation sites is 1. The average molecular weight is 397 g/mol. The molecule has 1 saturated heterocycles. The molecule has 1 N–H and O–H groups in total. The van der Waals surface area contributed by atoms with Crippen molar-refractivity contribution in [3.05, 3.63) is 53.7 Å². The summed E-state index contributed by atoms with van der Waals surface area (Å²) in [5, 5.41) is 2.91. The Morgan fingerprint density at radius 2 is 1.83 bits per heavy atom. The summed E-state index contributed by atoms with van der Waals surface area (Å²) in [6.45, 7) is 10.9. The van der Waals surface area contributed by atoms with Gasteiger partial charge in [0.25, 0.3) is 5.91 Å². The number of hydrogen-bond acceptors (Lipinski definition) is 5. The van der Waals surface area contributed by atoms with Gasteiger partial charge in [-0.05, 0) is 35.7 Å². The first kappa shape index (κ1) is 21.1. The molecule has 0 spiro atoms. The quantitative estimate of drug-likeness (QED) is 0.814. The number of carbonyl (C=O) groups is 1. The molecule has 1 aromatic heterocycles. The van der Waals surface area contributed by atoms with Gasteiger partial charge < -0.3 is 19.9 Å². The summed E-state index contributed by atoms with van der Waals surface area (Å²) in [6.07, 6.45) is 1.84. The summed E-state index contributed by atoms with van der Waals surface area (Å²) in [5.41, 5.74) is 2.03. The maximum atomic E-state index is 12.2. The first-order valence-corrected chi connectivity index (χ1v) is 10.2. The molecular formula is C23H32N4O2. The van der Waals surface area contributed by atoms with Crippen molar-refractivity contribution in [1.29, 1.82) is 0 Å². The van der Waals surface area contributed by atoms with Crippen molar-refractivity contribution in [2.24, 2.45) is 0 Å². The van der Waals surface area contributed by atoms with Gasteiger partial charge in [0, 0.05) is 38.9 Å². The maximum Gasteiger partial charge on any atom is 0.258 e. The van der Waals surface area contributed by atoms with E-state index in [-0.39, 0.29) is 17.9 Å². The molecule has 3 rings (SSSR count). The third-order valence-electron chi connectivity index (χ3n) is 5.18. The summed E-state index contributed by atoms with van der Waals surface area (Å²) in [7, 11) is 2.14. The van der Waals surface area contributed by atoms with E-state index in [1.807, 2.05) is 42.6 Å². The predicted molar refractivity (Wildman–Crippen MR) is 116 cm³/mol. The molecule has 0 saturated carbocycles. The number of pyridine rings is 1. The monoisotopic (exact) mass is 396 g/mol. The number of hydrogen-bond donors (Lipinski definition) is 1. The number of likely N-dealkylation sites (N-methyl/N-ethyl adjacent to an activating group) is 1. The molecule has 6 heteroatoms. The zero-order valence-electron chi connectivity index (χ0n) is 17.9. The van der Waals surface area contributed by atoms with Gasteiger partial charge in [0.05, 0.1) is 0 Å². The number of benzene rings is 1. The fraction of sp³-hybridized carbons (Fsp3) is 0.478. The minimum atomic E-state index is -0.142. The molecule has 29 heavy (non-hydrogen) atoms. The van der Waals surface area contributed by atoms with Crippen LogP contribution in [0.5, 0.6) is 5.75 Å². The van der Waals surface area contributed by atoms with Gasteiger partial charge in [-0.3, -0.25) is 4.79 Å². The number of carbonyl (C=O) groups excluding carboxylic acids is 1. The second-order valence-electron chi connectivity index (χ2n) is 8.63. The zero-order valence-corrected chi connectivity index (χ0v) is 17.9. The second-order valence-corrected chi connectivity index (χ2v) is 8.63. The summed E-state index contributed by atoms with van der Waals surface area (Å²) in [4.78, 5) is 21.4.